The molecule has 0 unspecified atom stereocenters. The van der Waals surface area contributed by atoms with E-state index >= 15 is 0 Å². The summed E-state index contributed by atoms with van der Waals surface area (Å²) in [5, 5.41) is 3.26. The predicted octanol–water partition coefficient (Wildman–Crippen LogP) is 4.24. The van der Waals surface area contributed by atoms with Crippen molar-refractivity contribution in [1.29, 1.82) is 0 Å². The molecule has 0 radical (unpaired) electrons. The molecule has 0 aliphatic carbocycles. The van der Waals surface area contributed by atoms with Gasteiger partial charge in [0.1, 0.15) is 11.6 Å². The van der Waals surface area contributed by atoms with Crippen LogP contribution in [-0.4, -0.2) is 33.0 Å². The maximum absolute atomic E-state index is 5.98. The quantitative estimate of drug-likeness (QED) is 0.609. The number of aryl methyl sites for hydroxylation is 1. The molecule has 1 saturated heterocycles. The summed E-state index contributed by atoms with van der Waals surface area (Å²) in [4.78, 5) is 15.7. The van der Waals surface area contributed by atoms with Crippen LogP contribution in [0.3, 0.4) is 0 Å². The van der Waals surface area contributed by atoms with Gasteiger partial charge in [-0.2, -0.15) is 15.0 Å². The van der Waals surface area contributed by atoms with Gasteiger partial charge in [-0.1, -0.05) is 30.3 Å². The molecule has 3 N–H and O–H groups in total. The van der Waals surface area contributed by atoms with Crippen molar-refractivity contribution >= 4 is 17.6 Å². The predicted molar refractivity (Wildman–Crippen MR) is 119 cm³/mol. The molecule has 0 bridgehead atoms. The van der Waals surface area contributed by atoms with E-state index in [1.54, 1.807) is 0 Å². The average molecular weight is 405 g/mol. The van der Waals surface area contributed by atoms with Crippen LogP contribution >= 0.6 is 0 Å². The van der Waals surface area contributed by atoms with Crippen molar-refractivity contribution in [2.75, 3.05) is 24.2 Å². The number of rotatable bonds is 7. The number of hydrogen-bond donors (Lipinski definition) is 2. The van der Waals surface area contributed by atoms with Gasteiger partial charge in [-0.3, -0.25) is 4.90 Å². The minimum Gasteiger partial charge on any atom is -0.494 e. The lowest BCUT2D eigenvalue weighted by Crippen LogP contribution is -2.24. The molecule has 1 aromatic heterocycles. The molecule has 0 saturated carbocycles. The highest BCUT2D eigenvalue weighted by Gasteiger charge is 2.27. The molecule has 0 amide bonds. The number of para-hydroxylation sites is 1. The van der Waals surface area contributed by atoms with Crippen molar-refractivity contribution in [3.8, 4) is 5.75 Å². The van der Waals surface area contributed by atoms with Gasteiger partial charge in [-0.25, -0.2) is 0 Å². The SMILES string of the molecule is CCOc1ccc([C@H]2CCCN2Cc2nc(N)nc(Nc3ccccc3C)n2)cc1. The number of ether oxygens (including phenoxy) is 1. The van der Waals surface area contributed by atoms with Crippen LogP contribution in [0.25, 0.3) is 0 Å². The molecule has 1 fully saturated rings. The van der Waals surface area contributed by atoms with Gasteiger partial charge in [0.05, 0.1) is 13.2 Å². The summed E-state index contributed by atoms with van der Waals surface area (Å²) in [6.45, 7) is 6.35. The number of hydrogen-bond acceptors (Lipinski definition) is 7. The number of aromatic nitrogens is 3. The van der Waals surface area contributed by atoms with Crippen molar-refractivity contribution in [3.05, 3.63) is 65.5 Å². The van der Waals surface area contributed by atoms with E-state index in [1.165, 1.54) is 5.56 Å². The lowest BCUT2D eigenvalue weighted by molar-refractivity contribution is 0.242. The molecule has 4 rings (SSSR count). The first-order valence-corrected chi connectivity index (χ1v) is 10.4. The summed E-state index contributed by atoms with van der Waals surface area (Å²) in [5.74, 6) is 2.29. The Morgan fingerprint density at radius 1 is 1.10 bits per heavy atom. The zero-order chi connectivity index (χ0) is 20.9. The number of nitrogens with zero attached hydrogens (tertiary/aromatic N) is 4. The summed E-state index contributed by atoms with van der Waals surface area (Å²) in [7, 11) is 0. The molecule has 7 nitrogen and oxygen atoms in total. The smallest absolute Gasteiger partial charge is 0.232 e. The monoisotopic (exact) mass is 404 g/mol. The summed E-state index contributed by atoms with van der Waals surface area (Å²) in [6, 6.07) is 16.8. The topological polar surface area (TPSA) is 89.2 Å². The second-order valence-electron chi connectivity index (χ2n) is 7.50. The van der Waals surface area contributed by atoms with Crippen LogP contribution in [0.2, 0.25) is 0 Å². The minimum absolute atomic E-state index is 0.230. The largest absolute Gasteiger partial charge is 0.494 e. The summed E-state index contributed by atoms with van der Waals surface area (Å²) < 4.78 is 5.57. The normalized spacial score (nSPS) is 16.5. The molecule has 3 aromatic rings. The number of nitrogen functional groups attached to an aromatic ring is 1. The lowest BCUT2D eigenvalue weighted by Gasteiger charge is -2.24. The van der Waals surface area contributed by atoms with Crippen molar-refractivity contribution in [2.45, 2.75) is 39.3 Å². The van der Waals surface area contributed by atoms with Gasteiger partial charge in [0.25, 0.3) is 0 Å². The highest BCUT2D eigenvalue weighted by atomic mass is 16.5. The van der Waals surface area contributed by atoms with E-state index in [9.17, 15) is 0 Å². The molecule has 2 heterocycles. The van der Waals surface area contributed by atoms with Gasteiger partial charge in [0.15, 0.2) is 0 Å². The van der Waals surface area contributed by atoms with E-state index in [4.69, 9.17) is 10.5 Å². The third kappa shape index (κ3) is 4.68. The van der Waals surface area contributed by atoms with E-state index in [0.717, 1.165) is 36.4 Å². The highest BCUT2D eigenvalue weighted by Crippen LogP contribution is 2.33. The van der Waals surface area contributed by atoms with Gasteiger partial charge < -0.3 is 15.8 Å². The molecule has 0 spiro atoms. The first-order valence-electron chi connectivity index (χ1n) is 10.4. The van der Waals surface area contributed by atoms with Crippen molar-refractivity contribution in [3.63, 3.8) is 0 Å². The van der Waals surface area contributed by atoms with E-state index in [1.807, 2.05) is 50.2 Å². The van der Waals surface area contributed by atoms with Gasteiger partial charge >= 0.3 is 0 Å². The second-order valence-corrected chi connectivity index (χ2v) is 7.50. The third-order valence-corrected chi connectivity index (χ3v) is 5.37. The third-order valence-electron chi connectivity index (χ3n) is 5.37. The Bertz CT molecular complexity index is 991. The van der Waals surface area contributed by atoms with E-state index in [0.29, 0.717) is 31.0 Å². The zero-order valence-electron chi connectivity index (χ0n) is 17.5. The molecule has 1 aliphatic heterocycles. The number of nitrogens with one attached hydrogen (secondary N) is 1. The number of anilines is 3. The van der Waals surface area contributed by atoms with Crippen LogP contribution in [0.1, 0.15) is 42.8 Å². The minimum atomic E-state index is 0.230. The van der Waals surface area contributed by atoms with Crippen LogP contribution in [0.4, 0.5) is 17.6 Å². The van der Waals surface area contributed by atoms with Gasteiger partial charge in [-0.05, 0) is 62.6 Å². The van der Waals surface area contributed by atoms with Gasteiger partial charge in [0, 0.05) is 11.7 Å². The molecule has 1 atom stereocenters. The molecular weight excluding hydrogens is 376 g/mol. The van der Waals surface area contributed by atoms with Crippen molar-refractivity contribution in [2.24, 2.45) is 0 Å². The van der Waals surface area contributed by atoms with Crippen LogP contribution < -0.4 is 15.8 Å². The Morgan fingerprint density at radius 3 is 2.67 bits per heavy atom. The Balaban J connectivity index is 1.50. The fourth-order valence-electron chi connectivity index (χ4n) is 3.93. The molecule has 30 heavy (non-hydrogen) atoms. The fourth-order valence-corrected chi connectivity index (χ4v) is 3.93. The van der Waals surface area contributed by atoms with Gasteiger partial charge in [0.2, 0.25) is 11.9 Å². The maximum atomic E-state index is 5.98. The zero-order valence-corrected chi connectivity index (χ0v) is 17.5. The van der Waals surface area contributed by atoms with E-state index in [2.05, 4.69) is 37.3 Å². The van der Waals surface area contributed by atoms with Crippen molar-refractivity contribution in [1.82, 2.24) is 19.9 Å². The summed E-state index contributed by atoms with van der Waals surface area (Å²) >= 11 is 0. The average Bonchev–Trinajstić information content (AvgIpc) is 3.18. The molecule has 156 valence electrons. The second kappa shape index (κ2) is 9.09. The molecular formula is C23H28N6O. The molecule has 7 heteroatoms. The summed E-state index contributed by atoms with van der Waals surface area (Å²) in [6.07, 6.45) is 2.26. The van der Waals surface area contributed by atoms with Crippen molar-refractivity contribution < 1.29 is 4.74 Å². The van der Waals surface area contributed by atoms with Crippen LogP contribution in [0.5, 0.6) is 5.75 Å². The maximum Gasteiger partial charge on any atom is 0.232 e. The fraction of sp³-hybridized carbons (Fsp3) is 0.348. The standard InChI is InChI=1S/C23H28N6O/c1-3-30-18-12-10-17(11-13-18)20-9-6-14-29(20)15-21-26-22(24)28-23(27-21)25-19-8-5-4-7-16(19)2/h4-5,7-8,10-13,20H,3,6,9,14-15H2,1-2H3,(H3,24,25,26,27,28)/t20-/m1/s1. The van der Waals surface area contributed by atoms with Gasteiger partial charge in [-0.15, -0.1) is 0 Å². The Labute approximate surface area is 177 Å². The first kappa shape index (κ1) is 20.1. The van der Waals surface area contributed by atoms with Crippen LogP contribution in [-0.2, 0) is 6.54 Å². The van der Waals surface area contributed by atoms with Crippen LogP contribution in [0, 0.1) is 6.92 Å². The Morgan fingerprint density at radius 2 is 1.90 bits per heavy atom. The first-order chi connectivity index (χ1) is 14.6. The molecule has 1 aliphatic rings. The highest BCUT2D eigenvalue weighted by molar-refractivity contribution is 5.58. The lowest BCUT2D eigenvalue weighted by atomic mass is 10.0. The number of benzene rings is 2. The molecule has 2 aromatic carbocycles. The van der Waals surface area contributed by atoms with E-state index < -0.39 is 0 Å². The summed E-state index contributed by atoms with van der Waals surface area (Å²) in [5.41, 5.74) is 9.35. The van der Waals surface area contributed by atoms with Crippen LogP contribution in [0.15, 0.2) is 48.5 Å². The Hall–Kier alpha value is -3.19. The Kier molecular flexibility index (Phi) is 6.09. The number of nitrogens with two attached hydrogens (primary N) is 1. The van der Waals surface area contributed by atoms with E-state index in [-0.39, 0.29) is 5.95 Å². The number of likely N-dealkylation sites (tertiary alicyclic amines) is 1.